The van der Waals surface area contributed by atoms with Crippen LogP contribution in [0.25, 0.3) is 16.8 Å². The Balaban J connectivity index is 1.46. The van der Waals surface area contributed by atoms with E-state index >= 15 is 0 Å². The minimum Gasteiger partial charge on any atom is -0.474 e. The minimum absolute atomic E-state index is 0.0614. The van der Waals surface area contributed by atoms with Gasteiger partial charge in [-0.05, 0) is 30.9 Å². The van der Waals surface area contributed by atoms with Crippen LogP contribution in [0.3, 0.4) is 0 Å². The summed E-state index contributed by atoms with van der Waals surface area (Å²) in [6, 6.07) is 7.57. The first-order valence-corrected chi connectivity index (χ1v) is 9.46. The normalized spacial score (nSPS) is 21.9. The first kappa shape index (κ1) is 16.7. The van der Waals surface area contributed by atoms with E-state index in [2.05, 4.69) is 42.5 Å². The molecular formula is C20H19N7O. The van der Waals surface area contributed by atoms with Crippen molar-refractivity contribution in [2.24, 2.45) is 5.92 Å². The maximum Gasteiger partial charge on any atom is 0.213 e. The van der Waals surface area contributed by atoms with Gasteiger partial charge in [0.2, 0.25) is 5.88 Å². The highest BCUT2D eigenvalue weighted by Gasteiger charge is 2.38. The quantitative estimate of drug-likeness (QED) is 0.589. The van der Waals surface area contributed by atoms with Crippen LogP contribution >= 0.6 is 0 Å². The number of fused-ring (bicyclic) bond motifs is 3. The topological polar surface area (TPSA) is 105 Å². The molecular weight excluding hydrogens is 354 g/mol. The standard InChI is InChI=1S/C20H19N7O/c1-2-13-7-14(28-18-4-3-12(9-21)10-23-18)8-15(13)20-26-25-17-11-24-19-16(27(17)20)5-6-22-19/h3-6,10-11,13-15,22H,2,7-8H2,1H3/t13-,14-,15-/m0/s1. The molecule has 0 radical (unpaired) electrons. The second-order valence-corrected chi connectivity index (χ2v) is 7.20. The number of nitrogens with one attached hydrogen (secondary N) is 1. The van der Waals surface area contributed by atoms with E-state index in [9.17, 15) is 0 Å². The molecule has 8 nitrogen and oxygen atoms in total. The number of aromatic nitrogens is 6. The summed E-state index contributed by atoms with van der Waals surface area (Å²) < 4.78 is 8.23. The summed E-state index contributed by atoms with van der Waals surface area (Å²) in [4.78, 5) is 11.8. The van der Waals surface area contributed by atoms with Crippen molar-refractivity contribution in [1.29, 1.82) is 5.26 Å². The molecule has 1 saturated carbocycles. The summed E-state index contributed by atoms with van der Waals surface area (Å²) in [6.45, 7) is 2.21. The van der Waals surface area contributed by atoms with Crippen LogP contribution in [0.5, 0.6) is 5.88 Å². The van der Waals surface area contributed by atoms with Crippen molar-refractivity contribution in [2.45, 2.75) is 38.2 Å². The van der Waals surface area contributed by atoms with E-state index in [0.717, 1.165) is 41.9 Å². The highest BCUT2D eigenvalue weighted by molar-refractivity contribution is 5.74. The van der Waals surface area contributed by atoms with E-state index in [1.807, 2.05) is 12.3 Å². The summed E-state index contributed by atoms with van der Waals surface area (Å²) in [5, 5.41) is 17.8. The summed E-state index contributed by atoms with van der Waals surface area (Å²) in [7, 11) is 0. The average Bonchev–Trinajstić information content (AvgIpc) is 3.45. The van der Waals surface area contributed by atoms with Crippen molar-refractivity contribution in [3.8, 4) is 11.9 Å². The van der Waals surface area contributed by atoms with Crippen LogP contribution in [0, 0.1) is 17.2 Å². The lowest BCUT2D eigenvalue weighted by Gasteiger charge is -2.15. The largest absolute Gasteiger partial charge is 0.474 e. The van der Waals surface area contributed by atoms with E-state index in [0.29, 0.717) is 17.4 Å². The molecule has 0 bridgehead atoms. The zero-order chi connectivity index (χ0) is 19.1. The van der Waals surface area contributed by atoms with Crippen molar-refractivity contribution in [1.82, 2.24) is 29.5 Å². The predicted molar refractivity (Wildman–Crippen MR) is 102 cm³/mol. The lowest BCUT2D eigenvalue weighted by molar-refractivity contribution is 0.195. The van der Waals surface area contributed by atoms with Gasteiger partial charge in [0.15, 0.2) is 11.3 Å². The molecule has 4 aromatic rings. The number of ether oxygens (including phenoxy) is 1. The van der Waals surface area contributed by atoms with Crippen molar-refractivity contribution in [3.05, 3.63) is 48.2 Å². The number of nitriles is 1. The van der Waals surface area contributed by atoms with E-state index in [1.54, 1.807) is 24.5 Å². The minimum atomic E-state index is 0.0614. The molecule has 1 aliphatic rings. The predicted octanol–water partition coefficient (Wildman–Crippen LogP) is 3.22. The molecule has 4 aromatic heterocycles. The lowest BCUT2D eigenvalue weighted by Crippen LogP contribution is -2.13. The third kappa shape index (κ3) is 2.67. The summed E-state index contributed by atoms with van der Waals surface area (Å²) in [6.07, 6.45) is 8.08. The van der Waals surface area contributed by atoms with Crippen LogP contribution in [0.2, 0.25) is 0 Å². The molecule has 8 heteroatoms. The lowest BCUT2D eigenvalue weighted by atomic mass is 9.93. The first-order chi connectivity index (χ1) is 13.8. The molecule has 0 aromatic carbocycles. The van der Waals surface area contributed by atoms with Gasteiger partial charge < -0.3 is 9.72 Å². The van der Waals surface area contributed by atoms with Gasteiger partial charge in [-0.1, -0.05) is 13.3 Å². The molecule has 140 valence electrons. The van der Waals surface area contributed by atoms with E-state index < -0.39 is 0 Å². The number of nitrogens with zero attached hydrogens (tertiary/aromatic N) is 6. The van der Waals surface area contributed by atoms with Gasteiger partial charge in [-0.2, -0.15) is 5.26 Å². The second kappa shape index (κ2) is 6.60. The molecule has 5 rings (SSSR count). The maximum absolute atomic E-state index is 8.91. The molecule has 0 amide bonds. The molecule has 1 aliphatic carbocycles. The number of hydrogen-bond acceptors (Lipinski definition) is 6. The van der Waals surface area contributed by atoms with Crippen LogP contribution in [-0.2, 0) is 0 Å². The summed E-state index contributed by atoms with van der Waals surface area (Å²) in [5.41, 5.74) is 3.11. The molecule has 0 saturated heterocycles. The van der Waals surface area contributed by atoms with Crippen LogP contribution < -0.4 is 4.74 Å². The van der Waals surface area contributed by atoms with Crippen molar-refractivity contribution in [3.63, 3.8) is 0 Å². The zero-order valence-electron chi connectivity index (χ0n) is 15.4. The average molecular weight is 373 g/mol. The van der Waals surface area contributed by atoms with Crippen molar-refractivity contribution in [2.75, 3.05) is 0 Å². The van der Waals surface area contributed by atoms with Crippen LogP contribution in [-0.4, -0.2) is 35.7 Å². The van der Waals surface area contributed by atoms with Crippen LogP contribution in [0.1, 0.15) is 43.5 Å². The Morgan fingerprint density at radius 2 is 2.14 bits per heavy atom. The molecule has 1 fully saturated rings. The molecule has 0 spiro atoms. The van der Waals surface area contributed by atoms with Gasteiger partial charge in [0, 0.05) is 24.4 Å². The van der Waals surface area contributed by atoms with Crippen LogP contribution in [0.15, 0.2) is 36.8 Å². The van der Waals surface area contributed by atoms with Gasteiger partial charge in [-0.25, -0.2) is 9.97 Å². The second-order valence-electron chi connectivity index (χ2n) is 7.20. The number of aromatic amines is 1. The Morgan fingerprint density at radius 3 is 2.93 bits per heavy atom. The monoisotopic (exact) mass is 373 g/mol. The fourth-order valence-electron chi connectivity index (χ4n) is 4.26. The number of H-pyrrole nitrogens is 1. The van der Waals surface area contributed by atoms with Gasteiger partial charge in [0.25, 0.3) is 0 Å². The van der Waals surface area contributed by atoms with Gasteiger partial charge in [-0.3, -0.25) is 4.40 Å². The third-order valence-electron chi connectivity index (χ3n) is 5.63. The van der Waals surface area contributed by atoms with E-state index in [1.165, 1.54) is 0 Å². The smallest absolute Gasteiger partial charge is 0.213 e. The molecule has 0 unspecified atom stereocenters. The van der Waals surface area contributed by atoms with Crippen molar-refractivity contribution < 1.29 is 4.74 Å². The Morgan fingerprint density at radius 1 is 1.21 bits per heavy atom. The first-order valence-electron chi connectivity index (χ1n) is 9.46. The fraction of sp³-hybridized carbons (Fsp3) is 0.350. The molecule has 0 aliphatic heterocycles. The fourth-order valence-corrected chi connectivity index (χ4v) is 4.26. The van der Waals surface area contributed by atoms with Crippen molar-refractivity contribution >= 4 is 16.8 Å². The summed E-state index contributed by atoms with van der Waals surface area (Å²) >= 11 is 0. The molecule has 1 N–H and O–H groups in total. The SMILES string of the molecule is CC[C@H]1C[C@H](Oc2ccc(C#N)cn2)C[C@@H]1c1nnc2cnc3[nH]ccc3n12. The number of rotatable bonds is 4. The molecule has 3 atom stereocenters. The molecule has 28 heavy (non-hydrogen) atoms. The van der Waals surface area contributed by atoms with Crippen LogP contribution in [0.4, 0.5) is 0 Å². The highest BCUT2D eigenvalue weighted by atomic mass is 16.5. The zero-order valence-corrected chi connectivity index (χ0v) is 15.4. The van der Waals surface area contributed by atoms with Gasteiger partial charge in [0.1, 0.15) is 18.0 Å². The van der Waals surface area contributed by atoms with Gasteiger partial charge in [-0.15, -0.1) is 10.2 Å². The Bertz CT molecular complexity index is 1170. The van der Waals surface area contributed by atoms with E-state index in [-0.39, 0.29) is 12.0 Å². The maximum atomic E-state index is 8.91. The third-order valence-corrected chi connectivity index (χ3v) is 5.63. The Labute approximate surface area is 161 Å². The molecule has 4 heterocycles. The highest BCUT2D eigenvalue weighted by Crippen LogP contribution is 2.42. The van der Waals surface area contributed by atoms with E-state index in [4.69, 9.17) is 10.00 Å². The Kier molecular flexibility index (Phi) is 3.93. The van der Waals surface area contributed by atoms with Gasteiger partial charge in [0.05, 0.1) is 17.3 Å². The van der Waals surface area contributed by atoms with Gasteiger partial charge >= 0.3 is 0 Å². The Hall–Kier alpha value is -3.47. The number of hydrogen-bond donors (Lipinski definition) is 1. The number of pyridine rings is 1. The summed E-state index contributed by atoms with van der Waals surface area (Å²) in [5.74, 6) is 2.23.